The van der Waals surface area contributed by atoms with Crippen LogP contribution in [0.5, 0.6) is 0 Å². The molecule has 1 aromatic carbocycles. The topological polar surface area (TPSA) is 648 Å². The quantitative estimate of drug-likeness (QED) is 0.0357. The van der Waals surface area contributed by atoms with Crippen molar-refractivity contribution in [1.82, 2.24) is 10.0 Å². The van der Waals surface area contributed by atoms with E-state index < -0.39 is 211 Å². The maximum atomic E-state index is 12.7. The highest BCUT2D eigenvalue weighted by Gasteiger charge is 2.60. The van der Waals surface area contributed by atoms with Crippen molar-refractivity contribution in [3.8, 4) is 0 Å². The minimum absolute atomic E-state index is 0.109. The summed E-state index contributed by atoms with van der Waals surface area (Å²) in [4.78, 5) is 48.5. The van der Waals surface area contributed by atoms with E-state index in [1.807, 2.05) is 23.5 Å². The first-order chi connectivity index (χ1) is 39.0. The second kappa shape index (κ2) is 28.7. The Kier molecular flexibility index (Phi) is 24.3. The van der Waals surface area contributed by atoms with E-state index in [2.05, 4.69) is 16.7 Å². The number of amides is 1. The molecule has 0 bridgehead atoms. The Morgan fingerprint density at radius 1 is 0.565 bits per heavy atom. The first-order valence-electron chi connectivity index (χ1n) is 24.0. The van der Waals surface area contributed by atoms with Crippen LogP contribution in [0.4, 0.5) is 0 Å². The molecule has 41 nitrogen and oxygen atoms in total. The van der Waals surface area contributed by atoms with Gasteiger partial charge in [-0.15, -0.1) is 0 Å². The number of hydrogen-bond acceptors (Lipinski definition) is 32. The summed E-state index contributed by atoms with van der Waals surface area (Å²) >= 11 is 0. The van der Waals surface area contributed by atoms with Crippen LogP contribution >= 0.6 is 0 Å². The van der Waals surface area contributed by atoms with E-state index in [4.69, 9.17) is 37.7 Å². The lowest BCUT2D eigenvalue weighted by Crippen LogP contribution is -2.71. The van der Waals surface area contributed by atoms with Gasteiger partial charge in [-0.1, -0.05) is 49.6 Å². The van der Waals surface area contributed by atoms with Crippen LogP contribution in [-0.4, -0.2) is 276 Å². The molecule has 85 heavy (non-hydrogen) atoms. The minimum atomic E-state index is -6.09. The molecule has 5 aliphatic rings. The molecular formula is C39H58N2O39S5. The highest BCUT2D eigenvalue weighted by molar-refractivity contribution is 7.83. The number of ketones is 1. The zero-order chi connectivity index (χ0) is 64.1. The number of hydrogen-bond donors (Lipinski definition) is 16. The predicted molar refractivity (Wildman–Crippen MR) is 260 cm³/mol. The molecule has 1 aliphatic carbocycles. The monoisotopic (exact) mass is 1340 g/mol. The van der Waals surface area contributed by atoms with Crippen LogP contribution in [-0.2, 0) is 116 Å². The molecule has 0 spiro atoms. The summed E-state index contributed by atoms with van der Waals surface area (Å²) < 4.78 is 222. The normalized spacial score (nSPS) is 35.8. The van der Waals surface area contributed by atoms with E-state index in [1.165, 1.54) is 4.72 Å². The number of aliphatic carboxylic acids is 2. The summed E-state index contributed by atoms with van der Waals surface area (Å²) in [5.41, 5.74) is -0.471. The lowest BCUT2D eigenvalue weighted by Gasteiger charge is -2.50. The molecule has 4 saturated heterocycles. The van der Waals surface area contributed by atoms with Crippen LogP contribution in [0.2, 0.25) is 0 Å². The van der Waals surface area contributed by atoms with E-state index in [0.29, 0.717) is 18.4 Å². The SMILES string of the molecule is CC(=O)N[C@@H]1[C@@H](O)[C@H](O[C@@H]2O[C@H](C(=O)O)[C@@H](O[C@@H]3O[C@H](CO)[C@@H](O[C@H]4O[C@@H](C(=O)O)[C@H](O)[C@@H](O)[C@@H]4OS(=O)(=O)O)[C@H](OS(=O)(=O)O)[C@H]3NS(=O)(=O)O)[C@H](O)[C@H]2OS(=O)(=O)O)[C@H](COS(=O)(=O)O)O[C@H]1O.O=C(c1ccccc1)C1(O)CCCCC1. The van der Waals surface area contributed by atoms with E-state index in [0.717, 1.165) is 26.2 Å². The van der Waals surface area contributed by atoms with Crippen LogP contribution in [0.3, 0.4) is 0 Å². The van der Waals surface area contributed by atoms with Crippen molar-refractivity contribution in [2.75, 3.05) is 13.2 Å². The molecule has 1 amide bonds. The summed E-state index contributed by atoms with van der Waals surface area (Å²) in [7, 11) is -29.1. The van der Waals surface area contributed by atoms with Crippen molar-refractivity contribution in [3.05, 3.63) is 35.9 Å². The summed E-state index contributed by atoms with van der Waals surface area (Å²) in [5.74, 6) is -5.60. The zero-order valence-corrected chi connectivity index (χ0v) is 47.0. The molecule has 0 aromatic heterocycles. The molecule has 6 rings (SSSR count). The van der Waals surface area contributed by atoms with Crippen molar-refractivity contribution in [1.29, 1.82) is 0 Å². The summed E-state index contributed by atoms with van der Waals surface area (Å²) in [6.07, 6.45) is -44.8. The number of carbonyl (C=O) groups is 4. The van der Waals surface area contributed by atoms with Crippen LogP contribution < -0.4 is 10.0 Å². The van der Waals surface area contributed by atoms with Crippen LogP contribution in [0, 0.1) is 0 Å². The number of aliphatic hydroxyl groups is 7. The van der Waals surface area contributed by atoms with Crippen LogP contribution in [0.1, 0.15) is 49.4 Å². The molecule has 4 aliphatic heterocycles. The highest BCUT2D eigenvalue weighted by atomic mass is 32.3. The Balaban J connectivity index is 0.000000756. The number of ether oxygens (including phenoxy) is 7. The van der Waals surface area contributed by atoms with Gasteiger partial charge in [0.15, 0.2) is 55.4 Å². The molecule has 1 aromatic rings. The third-order valence-electron chi connectivity index (χ3n) is 12.8. The minimum Gasteiger partial charge on any atom is -0.479 e. The fourth-order valence-corrected chi connectivity index (χ4v) is 11.6. The first-order valence-corrected chi connectivity index (χ1v) is 30.9. The van der Waals surface area contributed by atoms with Gasteiger partial charge in [0.2, 0.25) is 5.91 Å². The van der Waals surface area contributed by atoms with Crippen molar-refractivity contribution in [2.24, 2.45) is 0 Å². The standard InChI is InChI=1S/C26H42N2O37S5.C13H16O2/c1-4(30)27-7-9(31)13(6(56-23(7)39)3-55-67(43,44)45)58-26-19(65-70(52,53)54)12(34)16(20(62-26)22(37)38)60-24-8(28-66(40,41)42)15(63-68(46,47)48)14(5(2-29)57-24)59-25-18(64-69(49,50)51)11(33)10(32)17(61-25)21(35)36;14-12(11-7-3-1-4-8-11)13(15)9-5-2-6-10-13/h5-20,23-26,28-29,31-34,39H,2-3H2,1H3,(H,27,30)(H,35,36)(H,37,38)(H,40,41,42)(H,43,44,45)(H,46,47,48)(H,49,50,51)(H,52,53,54);1,3-4,7-8,15H,2,5-6,9-10H2/t5-,6+,7-,8-,9-,10-,11-,12+,13-,14-,15-,16+,17-,18+,19-,20+,23-,24+,25+,26-;/m1./s1. The Hall–Kier alpha value is -3.91. The van der Waals surface area contributed by atoms with Crippen LogP contribution in [0.25, 0.3) is 0 Å². The number of nitrogens with one attached hydrogen (secondary N) is 2. The van der Waals surface area contributed by atoms with Crippen molar-refractivity contribution < 1.29 is 180 Å². The van der Waals surface area contributed by atoms with Gasteiger partial charge in [-0.05, 0) is 12.8 Å². The predicted octanol–water partition coefficient (Wildman–Crippen LogP) is -8.15. The smallest absolute Gasteiger partial charge is 0.397 e. The van der Waals surface area contributed by atoms with Gasteiger partial charge in [-0.3, -0.25) is 32.4 Å². The Bertz CT molecular complexity index is 3060. The second-order valence-corrected chi connectivity index (χ2v) is 24.3. The van der Waals surface area contributed by atoms with Gasteiger partial charge in [0.1, 0.15) is 78.7 Å². The average Bonchev–Trinajstić information content (AvgIpc) is 1.48. The number of Topliss-reactive ketones (excluding diaryl/α,β-unsaturated/α-hetero) is 1. The number of carbonyl (C=O) groups excluding carboxylic acids is 2. The fourth-order valence-electron chi connectivity index (χ4n) is 9.27. The number of benzene rings is 1. The number of rotatable bonds is 23. The fraction of sp³-hybridized carbons (Fsp3) is 0.744. The Morgan fingerprint density at radius 2 is 1.06 bits per heavy atom. The van der Waals surface area contributed by atoms with Gasteiger partial charge >= 0.3 is 63.8 Å². The molecule has 0 unspecified atom stereocenters. The number of aliphatic hydroxyl groups excluding tert-OH is 6. The molecule has 16 N–H and O–H groups in total. The maximum Gasteiger partial charge on any atom is 0.397 e. The van der Waals surface area contributed by atoms with E-state index in [1.54, 1.807) is 12.1 Å². The van der Waals surface area contributed by atoms with E-state index >= 15 is 0 Å². The van der Waals surface area contributed by atoms with Gasteiger partial charge < -0.3 is 84.4 Å². The average molecular weight is 1340 g/mol. The van der Waals surface area contributed by atoms with Gasteiger partial charge in [-0.2, -0.15) is 46.8 Å². The summed E-state index contributed by atoms with van der Waals surface area (Å²) in [6, 6.07) is 4.13. The highest BCUT2D eigenvalue weighted by Crippen LogP contribution is 2.38. The Labute approximate surface area is 480 Å². The molecule has 4 heterocycles. The first kappa shape index (κ1) is 71.8. The molecule has 1 saturated carbocycles. The molecular weight excluding hydrogens is 1280 g/mol. The number of carboxylic acids is 2. The molecule has 488 valence electrons. The van der Waals surface area contributed by atoms with Gasteiger partial charge in [-0.25, -0.2) is 26.3 Å². The maximum absolute atomic E-state index is 12.7. The van der Waals surface area contributed by atoms with Crippen LogP contribution in [0.15, 0.2) is 30.3 Å². The number of carboxylic acid groups (broad SMARTS) is 2. The molecule has 0 radical (unpaired) electrons. The largest absolute Gasteiger partial charge is 0.479 e. The van der Waals surface area contributed by atoms with Gasteiger partial charge in [0.25, 0.3) is 0 Å². The third-order valence-corrected chi connectivity index (χ3v) is 15.2. The zero-order valence-electron chi connectivity index (χ0n) is 42.9. The van der Waals surface area contributed by atoms with Gasteiger partial charge in [0, 0.05) is 12.5 Å². The molecule has 46 heteroatoms. The Morgan fingerprint density at radius 3 is 1.54 bits per heavy atom. The molecule has 5 fully saturated rings. The van der Waals surface area contributed by atoms with Crippen molar-refractivity contribution in [3.63, 3.8) is 0 Å². The van der Waals surface area contributed by atoms with Crippen molar-refractivity contribution >= 4 is 75.5 Å². The molecule has 20 atom stereocenters. The van der Waals surface area contributed by atoms with E-state index in [-0.39, 0.29) is 5.78 Å². The summed E-state index contributed by atoms with van der Waals surface area (Å²) in [5, 5.41) is 96.2. The van der Waals surface area contributed by atoms with E-state index in [9.17, 15) is 125 Å². The van der Waals surface area contributed by atoms with Gasteiger partial charge in [0.05, 0.1) is 13.2 Å². The third kappa shape index (κ3) is 20.0. The lowest BCUT2D eigenvalue weighted by atomic mass is 9.79. The summed E-state index contributed by atoms with van der Waals surface area (Å²) in [6.45, 7) is -2.24. The van der Waals surface area contributed by atoms with Crippen molar-refractivity contribution in [2.45, 2.75) is 167 Å². The lowest BCUT2D eigenvalue weighted by molar-refractivity contribution is -0.366. The second-order valence-electron chi connectivity index (χ2n) is 18.9.